The lowest BCUT2D eigenvalue weighted by atomic mass is 10.2. The molecule has 0 fully saturated rings. The van der Waals surface area contributed by atoms with Gasteiger partial charge in [0.15, 0.2) is 0 Å². The van der Waals surface area contributed by atoms with E-state index in [9.17, 15) is 40.3 Å². The lowest BCUT2D eigenvalue weighted by Gasteiger charge is -2.26. The molecule has 23 heavy (non-hydrogen) atoms. The van der Waals surface area contributed by atoms with Gasteiger partial charge in [-0.1, -0.05) is 0 Å². The van der Waals surface area contributed by atoms with E-state index in [1.54, 1.807) is 22.6 Å². The normalized spacial score (nSPS) is 14.4. The van der Waals surface area contributed by atoms with Crippen LogP contribution in [0.15, 0.2) is 18.2 Å². The van der Waals surface area contributed by atoms with E-state index in [0.717, 1.165) is 12.1 Å². The summed E-state index contributed by atoms with van der Waals surface area (Å²) in [6.45, 7) is 0. The lowest BCUT2D eigenvalue weighted by Crippen LogP contribution is -2.52. The van der Waals surface area contributed by atoms with Crippen LogP contribution in [0.4, 0.5) is 22.0 Å². The van der Waals surface area contributed by atoms with Crippen LogP contribution in [-0.2, 0) is 14.9 Å². The minimum Gasteiger partial charge on any atom is -0.507 e. The number of benzene rings is 1. The summed E-state index contributed by atoms with van der Waals surface area (Å²) in [5.74, 6) is -2.92. The zero-order chi connectivity index (χ0) is 18.2. The van der Waals surface area contributed by atoms with Crippen molar-refractivity contribution in [2.24, 2.45) is 0 Å². The monoisotopic (exact) mass is 476 g/mol. The molecule has 0 saturated carbocycles. The van der Waals surface area contributed by atoms with E-state index in [-0.39, 0.29) is 3.57 Å². The Morgan fingerprint density at radius 3 is 2.17 bits per heavy atom. The van der Waals surface area contributed by atoms with Crippen LogP contribution in [0.25, 0.3) is 0 Å². The Morgan fingerprint density at radius 2 is 1.74 bits per heavy atom. The Hall–Kier alpha value is -1.22. The van der Waals surface area contributed by atoms with Crippen molar-refractivity contribution < 1.29 is 49.6 Å². The van der Waals surface area contributed by atoms with Crippen LogP contribution < -0.4 is 0 Å². The second kappa shape index (κ2) is 6.35. The Bertz CT molecular complexity index is 717. The van der Waals surface area contributed by atoms with Gasteiger partial charge in [0.1, 0.15) is 11.3 Å². The molecule has 0 heterocycles. The molecule has 6 nitrogen and oxygen atoms in total. The number of phenolic OH excluding ortho intramolecular Hbond substituents is 1. The van der Waals surface area contributed by atoms with Crippen molar-refractivity contribution in [2.45, 2.75) is 17.5 Å². The highest BCUT2D eigenvalue weighted by molar-refractivity contribution is 14.1. The Morgan fingerprint density at radius 1 is 1.22 bits per heavy atom. The Balaban J connectivity index is 3.28. The van der Waals surface area contributed by atoms with E-state index >= 15 is 0 Å². The summed E-state index contributed by atoms with van der Waals surface area (Å²) in [7, 11) is -6.53. The summed E-state index contributed by atoms with van der Waals surface area (Å²) >= 11 is 1.61. The van der Waals surface area contributed by atoms with E-state index in [4.69, 9.17) is 4.55 Å². The Kier molecular flexibility index (Phi) is 5.47. The number of esters is 1. The average Bonchev–Trinajstić information content (AvgIpc) is 2.35. The van der Waals surface area contributed by atoms with E-state index in [2.05, 4.69) is 4.74 Å². The predicted octanol–water partition coefficient (Wildman–Crippen LogP) is 2.57. The van der Waals surface area contributed by atoms with Gasteiger partial charge in [-0.2, -0.15) is 30.4 Å². The number of hydrogen-bond donors (Lipinski definition) is 2. The van der Waals surface area contributed by atoms with Crippen LogP contribution in [0.3, 0.4) is 0 Å². The molecule has 0 amide bonds. The summed E-state index contributed by atoms with van der Waals surface area (Å²) in [6.07, 6.45) is -10.5. The molecule has 0 aromatic heterocycles. The molecule has 1 aromatic carbocycles. The van der Waals surface area contributed by atoms with E-state index in [1.165, 1.54) is 6.07 Å². The number of halogens is 6. The van der Waals surface area contributed by atoms with Crippen molar-refractivity contribution in [3.63, 3.8) is 0 Å². The molecular weight excluding hydrogens is 470 g/mol. The first-order chi connectivity index (χ1) is 10.2. The number of carbonyl (C=O) groups excluding carboxylic acids is 1. The van der Waals surface area contributed by atoms with Crippen molar-refractivity contribution in [2.75, 3.05) is 0 Å². The number of alkyl halides is 5. The number of phenols is 1. The SMILES string of the molecule is O=C(OC(C(F)(F)F)C(F)(F)S(=O)(=O)O)c1cc(I)ccc1O. The van der Waals surface area contributed by atoms with Gasteiger partial charge < -0.3 is 9.84 Å². The molecular formula is C10H6F5IO6S. The lowest BCUT2D eigenvalue weighted by molar-refractivity contribution is -0.248. The van der Waals surface area contributed by atoms with Gasteiger partial charge in [-0.05, 0) is 40.8 Å². The van der Waals surface area contributed by atoms with Crippen LogP contribution in [0.5, 0.6) is 5.75 Å². The largest absolute Gasteiger partial charge is 0.507 e. The van der Waals surface area contributed by atoms with E-state index < -0.39 is 44.9 Å². The van der Waals surface area contributed by atoms with Gasteiger partial charge in [-0.15, -0.1) is 0 Å². The maximum Gasteiger partial charge on any atom is 0.432 e. The smallest absolute Gasteiger partial charge is 0.432 e. The van der Waals surface area contributed by atoms with Gasteiger partial charge in [0.05, 0.1) is 0 Å². The highest BCUT2D eigenvalue weighted by Crippen LogP contribution is 2.38. The molecule has 1 atom stereocenters. The second-order valence-electron chi connectivity index (χ2n) is 4.03. The third-order valence-corrected chi connectivity index (χ3v) is 3.92. The van der Waals surface area contributed by atoms with E-state index in [1.807, 2.05) is 0 Å². The standard InChI is InChI=1S/C10H6F5IO6S/c11-9(12,13)8(10(14,15)23(19,20)21)22-7(18)5-3-4(16)1-2-6(5)17/h1-3,8,17H,(H,19,20,21). The first kappa shape index (κ1) is 19.8. The first-order valence-electron chi connectivity index (χ1n) is 5.29. The summed E-state index contributed by atoms with van der Waals surface area (Å²) in [4.78, 5) is 11.6. The summed E-state index contributed by atoms with van der Waals surface area (Å²) in [5.41, 5.74) is -0.891. The van der Waals surface area contributed by atoms with Crippen LogP contribution in [-0.4, -0.2) is 41.6 Å². The molecule has 130 valence electrons. The number of aromatic hydroxyl groups is 1. The molecule has 0 radical (unpaired) electrons. The van der Waals surface area contributed by atoms with E-state index in [0.29, 0.717) is 0 Å². The zero-order valence-corrected chi connectivity index (χ0v) is 13.5. The van der Waals surface area contributed by atoms with Crippen molar-refractivity contribution in [1.82, 2.24) is 0 Å². The summed E-state index contributed by atoms with van der Waals surface area (Å²) < 4.78 is 97.2. The topological polar surface area (TPSA) is 101 Å². The minimum atomic E-state index is -6.53. The maximum absolute atomic E-state index is 13.2. The predicted molar refractivity (Wildman–Crippen MR) is 72.6 cm³/mol. The third-order valence-electron chi connectivity index (χ3n) is 2.35. The fourth-order valence-electron chi connectivity index (χ4n) is 1.30. The number of rotatable bonds is 4. The van der Waals surface area contributed by atoms with Gasteiger partial charge >= 0.3 is 27.5 Å². The van der Waals surface area contributed by atoms with Crippen LogP contribution in [0, 0.1) is 3.57 Å². The van der Waals surface area contributed by atoms with Crippen molar-refractivity contribution in [3.05, 3.63) is 27.3 Å². The molecule has 0 aliphatic rings. The van der Waals surface area contributed by atoms with Gasteiger partial charge in [0.25, 0.3) is 6.10 Å². The zero-order valence-electron chi connectivity index (χ0n) is 10.5. The average molecular weight is 476 g/mol. The van der Waals surface area contributed by atoms with Crippen LogP contribution >= 0.6 is 22.6 Å². The first-order valence-corrected chi connectivity index (χ1v) is 7.81. The fourth-order valence-corrected chi connectivity index (χ4v) is 2.25. The molecule has 1 rings (SSSR count). The summed E-state index contributed by atoms with van der Waals surface area (Å²) in [6, 6.07) is 2.97. The van der Waals surface area contributed by atoms with Gasteiger partial charge in [-0.3, -0.25) is 4.55 Å². The van der Waals surface area contributed by atoms with Crippen LogP contribution in [0.2, 0.25) is 0 Å². The van der Waals surface area contributed by atoms with Crippen molar-refractivity contribution >= 4 is 38.7 Å². The highest BCUT2D eigenvalue weighted by atomic mass is 127. The fraction of sp³-hybridized carbons (Fsp3) is 0.300. The van der Waals surface area contributed by atoms with Gasteiger partial charge in [0.2, 0.25) is 0 Å². The van der Waals surface area contributed by atoms with Crippen molar-refractivity contribution in [3.8, 4) is 5.75 Å². The number of hydrogen-bond acceptors (Lipinski definition) is 5. The molecule has 0 spiro atoms. The minimum absolute atomic E-state index is 0.248. The summed E-state index contributed by atoms with van der Waals surface area (Å²) in [5, 5.41) is 3.51. The number of carbonyl (C=O) groups is 1. The molecule has 0 saturated heterocycles. The molecule has 0 aliphatic heterocycles. The Labute approximate surface area is 139 Å². The molecule has 13 heteroatoms. The maximum atomic E-state index is 13.2. The van der Waals surface area contributed by atoms with Crippen LogP contribution in [0.1, 0.15) is 10.4 Å². The molecule has 0 bridgehead atoms. The molecule has 1 aromatic rings. The second-order valence-corrected chi connectivity index (χ2v) is 6.77. The van der Waals surface area contributed by atoms with Gasteiger partial charge in [0, 0.05) is 3.57 Å². The van der Waals surface area contributed by atoms with Gasteiger partial charge in [-0.25, -0.2) is 4.79 Å². The molecule has 2 N–H and O–H groups in total. The third kappa shape index (κ3) is 4.41. The number of ether oxygens (including phenoxy) is 1. The highest BCUT2D eigenvalue weighted by Gasteiger charge is 2.66. The van der Waals surface area contributed by atoms with Crippen molar-refractivity contribution in [1.29, 1.82) is 0 Å². The molecule has 1 unspecified atom stereocenters. The quantitative estimate of drug-likeness (QED) is 0.300. The molecule has 0 aliphatic carbocycles.